The van der Waals surface area contributed by atoms with Crippen molar-refractivity contribution in [3.05, 3.63) is 28.0 Å². The second-order valence-electron chi connectivity index (χ2n) is 10.2. The van der Waals surface area contributed by atoms with Crippen LogP contribution in [0, 0.1) is 11.7 Å². The van der Waals surface area contributed by atoms with Gasteiger partial charge < -0.3 is 19.1 Å². The predicted octanol–water partition coefficient (Wildman–Crippen LogP) is 5.49. The molecule has 0 spiro atoms. The smallest absolute Gasteiger partial charge is 0.410 e. The van der Waals surface area contributed by atoms with Crippen LogP contribution in [0.1, 0.15) is 71.4 Å². The van der Waals surface area contributed by atoms with Gasteiger partial charge in [-0.05, 0) is 71.9 Å². The fourth-order valence-corrected chi connectivity index (χ4v) is 4.73. The molecule has 2 aliphatic rings. The molecule has 0 N–H and O–H groups in total. The number of hydrogen-bond acceptors (Lipinski definition) is 5. The lowest BCUT2D eigenvalue weighted by Gasteiger charge is -2.36. The highest BCUT2D eigenvalue weighted by atomic mass is 35.5. The van der Waals surface area contributed by atoms with Gasteiger partial charge in [0.05, 0.1) is 17.5 Å². The number of likely N-dealkylation sites (tertiary alicyclic amines) is 1. The normalized spacial score (nSPS) is 19.2. The summed E-state index contributed by atoms with van der Waals surface area (Å²) in [5.41, 5.74) is 0.0153. The van der Waals surface area contributed by atoms with Crippen LogP contribution in [0.4, 0.5) is 9.18 Å². The fraction of sp³-hybridized carbons (Fsp3) is 0.667. The van der Waals surface area contributed by atoms with E-state index in [1.807, 2.05) is 34.6 Å². The molecule has 32 heavy (non-hydrogen) atoms. The molecule has 1 aromatic rings. The van der Waals surface area contributed by atoms with Gasteiger partial charge in [-0.1, -0.05) is 11.6 Å². The van der Waals surface area contributed by atoms with Crippen LogP contribution in [-0.2, 0) is 20.7 Å². The third-order valence-electron chi connectivity index (χ3n) is 5.80. The van der Waals surface area contributed by atoms with Gasteiger partial charge in [0.15, 0.2) is 11.6 Å². The number of nitrogens with zero attached hydrogens (tertiary/aromatic N) is 1. The number of halogens is 2. The Morgan fingerprint density at radius 1 is 1.31 bits per heavy atom. The van der Waals surface area contributed by atoms with Gasteiger partial charge in [-0.15, -0.1) is 0 Å². The second kappa shape index (κ2) is 9.08. The van der Waals surface area contributed by atoms with E-state index in [4.69, 9.17) is 25.8 Å². The van der Waals surface area contributed by atoms with E-state index in [-0.39, 0.29) is 29.4 Å². The first-order chi connectivity index (χ1) is 14.8. The predicted molar refractivity (Wildman–Crippen MR) is 120 cm³/mol. The zero-order valence-electron chi connectivity index (χ0n) is 19.7. The van der Waals surface area contributed by atoms with Gasteiger partial charge in [0.2, 0.25) is 0 Å². The summed E-state index contributed by atoms with van der Waals surface area (Å²) in [7, 11) is 0. The zero-order chi connectivity index (χ0) is 23.8. The Labute approximate surface area is 194 Å². The van der Waals surface area contributed by atoms with Crippen molar-refractivity contribution in [2.45, 2.75) is 77.9 Å². The lowest BCUT2D eigenvalue weighted by Crippen LogP contribution is -2.43. The summed E-state index contributed by atoms with van der Waals surface area (Å²) >= 11 is 6.43. The Kier molecular flexibility index (Phi) is 6.99. The van der Waals surface area contributed by atoms with Crippen molar-refractivity contribution in [1.82, 2.24) is 4.90 Å². The molecule has 1 fully saturated rings. The second-order valence-corrected chi connectivity index (χ2v) is 10.5. The Morgan fingerprint density at radius 2 is 1.94 bits per heavy atom. The fourth-order valence-electron chi connectivity index (χ4n) is 4.47. The average Bonchev–Trinajstić information content (AvgIpc) is 3.00. The number of benzene rings is 1. The van der Waals surface area contributed by atoms with Gasteiger partial charge in [0.25, 0.3) is 0 Å². The molecule has 2 heterocycles. The molecular weight excluding hydrogens is 437 g/mol. The molecule has 0 radical (unpaired) electrons. The summed E-state index contributed by atoms with van der Waals surface area (Å²) in [4.78, 5) is 27.1. The van der Waals surface area contributed by atoms with E-state index in [0.717, 1.165) is 0 Å². The van der Waals surface area contributed by atoms with Crippen molar-refractivity contribution < 1.29 is 28.2 Å². The SMILES string of the molecule is CCOC(=O)[C@@H](c1cc2c(c(F)c1Cl)OC(C)(C)C2)C1CCN(C(=O)OC(C)(C)C)CC1. The van der Waals surface area contributed by atoms with Crippen molar-refractivity contribution in [3.63, 3.8) is 0 Å². The molecule has 0 bridgehead atoms. The largest absolute Gasteiger partial charge is 0.484 e. The quantitative estimate of drug-likeness (QED) is 0.546. The summed E-state index contributed by atoms with van der Waals surface area (Å²) in [6, 6.07) is 1.79. The standard InChI is InChI=1S/C24H33ClFNO5/c1-7-30-21(28)17(14-8-10-27(11-9-14)22(29)32-23(2,3)4)16-12-15-13-24(5,6)31-20(15)19(26)18(16)25/h12,14,17H,7-11,13H2,1-6H3/t17-/m1/s1. The number of fused-ring (bicyclic) bond motifs is 1. The number of piperidine rings is 1. The number of carbonyl (C=O) groups excluding carboxylic acids is 2. The van der Waals surface area contributed by atoms with Crippen LogP contribution < -0.4 is 4.74 Å². The zero-order valence-corrected chi connectivity index (χ0v) is 20.5. The van der Waals surface area contributed by atoms with E-state index >= 15 is 4.39 Å². The topological polar surface area (TPSA) is 65.1 Å². The molecule has 0 saturated carbocycles. The van der Waals surface area contributed by atoms with Crippen molar-refractivity contribution in [2.24, 2.45) is 5.92 Å². The third kappa shape index (κ3) is 5.30. The first kappa shape index (κ1) is 24.6. The van der Waals surface area contributed by atoms with Crippen molar-refractivity contribution in [1.29, 1.82) is 0 Å². The van der Waals surface area contributed by atoms with E-state index in [1.165, 1.54) is 0 Å². The van der Waals surface area contributed by atoms with E-state index in [1.54, 1.807) is 17.9 Å². The molecule has 1 saturated heterocycles. The number of amides is 1. The van der Waals surface area contributed by atoms with E-state index in [0.29, 0.717) is 43.5 Å². The Bertz CT molecular complexity index is 887. The molecular formula is C24H33ClFNO5. The Morgan fingerprint density at radius 3 is 2.50 bits per heavy atom. The molecule has 2 aliphatic heterocycles. The number of rotatable bonds is 4. The van der Waals surface area contributed by atoms with Gasteiger partial charge in [-0.2, -0.15) is 0 Å². The maximum absolute atomic E-state index is 15.1. The highest BCUT2D eigenvalue weighted by Gasteiger charge is 2.40. The summed E-state index contributed by atoms with van der Waals surface area (Å²) in [5.74, 6) is -1.76. The van der Waals surface area contributed by atoms with Gasteiger partial charge in [-0.25, -0.2) is 9.18 Å². The van der Waals surface area contributed by atoms with Crippen LogP contribution in [0.5, 0.6) is 5.75 Å². The molecule has 178 valence electrons. The highest BCUT2D eigenvalue weighted by Crippen LogP contribution is 2.45. The van der Waals surface area contributed by atoms with Crippen LogP contribution in [0.15, 0.2) is 6.07 Å². The first-order valence-corrected chi connectivity index (χ1v) is 11.5. The summed E-state index contributed by atoms with van der Waals surface area (Å²) in [6.45, 7) is 12.1. The van der Waals surface area contributed by atoms with Crippen molar-refractivity contribution >= 4 is 23.7 Å². The molecule has 1 aromatic carbocycles. The van der Waals surface area contributed by atoms with Crippen LogP contribution >= 0.6 is 11.6 Å². The van der Waals surface area contributed by atoms with Gasteiger partial charge >= 0.3 is 12.1 Å². The maximum Gasteiger partial charge on any atom is 0.410 e. The number of carbonyl (C=O) groups is 2. The lowest BCUT2D eigenvalue weighted by atomic mass is 9.79. The monoisotopic (exact) mass is 469 g/mol. The maximum atomic E-state index is 15.1. The Hall–Kier alpha value is -2.02. The van der Waals surface area contributed by atoms with Crippen LogP contribution in [-0.4, -0.2) is 47.9 Å². The van der Waals surface area contributed by atoms with E-state index in [9.17, 15) is 9.59 Å². The average molecular weight is 470 g/mol. The van der Waals surface area contributed by atoms with E-state index < -0.39 is 28.9 Å². The minimum Gasteiger partial charge on any atom is -0.484 e. The summed E-state index contributed by atoms with van der Waals surface area (Å²) in [5, 5.41) is -0.103. The summed E-state index contributed by atoms with van der Waals surface area (Å²) in [6.07, 6.45) is 1.26. The van der Waals surface area contributed by atoms with E-state index in [2.05, 4.69) is 0 Å². The van der Waals surface area contributed by atoms with Gasteiger partial charge in [-0.3, -0.25) is 4.79 Å². The number of esters is 1. The van der Waals surface area contributed by atoms with Crippen molar-refractivity contribution in [2.75, 3.05) is 19.7 Å². The molecule has 3 rings (SSSR count). The first-order valence-electron chi connectivity index (χ1n) is 11.2. The molecule has 0 unspecified atom stereocenters. The third-order valence-corrected chi connectivity index (χ3v) is 6.18. The number of ether oxygens (including phenoxy) is 3. The minimum absolute atomic E-state index is 0.103. The minimum atomic E-state index is -0.716. The van der Waals surface area contributed by atoms with Gasteiger partial charge in [0, 0.05) is 25.1 Å². The van der Waals surface area contributed by atoms with Crippen molar-refractivity contribution in [3.8, 4) is 5.75 Å². The molecule has 8 heteroatoms. The molecule has 0 aromatic heterocycles. The molecule has 0 aliphatic carbocycles. The molecule has 1 amide bonds. The molecule has 1 atom stereocenters. The molecule has 6 nitrogen and oxygen atoms in total. The number of hydrogen-bond donors (Lipinski definition) is 0. The van der Waals surface area contributed by atoms with Crippen LogP contribution in [0.3, 0.4) is 0 Å². The Balaban J connectivity index is 1.86. The highest BCUT2D eigenvalue weighted by molar-refractivity contribution is 6.32. The lowest BCUT2D eigenvalue weighted by molar-refractivity contribution is -0.146. The van der Waals surface area contributed by atoms with Crippen LogP contribution in [0.25, 0.3) is 0 Å². The van der Waals surface area contributed by atoms with Crippen LogP contribution in [0.2, 0.25) is 5.02 Å². The van der Waals surface area contributed by atoms with Gasteiger partial charge in [0.1, 0.15) is 11.2 Å². The summed E-state index contributed by atoms with van der Waals surface area (Å²) < 4.78 is 31.7.